The van der Waals surface area contributed by atoms with Gasteiger partial charge in [0, 0.05) is 24.8 Å². The summed E-state index contributed by atoms with van der Waals surface area (Å²) < 4.78 is 6.03. The van der Waals surface area contributed by atoms with E-state index in [0.29, 0.717) is 23.1 Å². The summed E-state index contributed by atoms with van der Waals surface area (Å²) in [4.78, 5) is 22.5. The van der Waals surface area contributed by atoms with Gasteiger partial charge in [-0.1, -0.05) is 12.6 Å². The predicted octanol–water partition coefficient (Wildman–Crippen LogP) is 3.69. The molecule has 0 radical (unpaired) electrons. The van der Waals surface area contributed by atoms with E-state index in [4.69, 9.17) is 4.74 Å². The lowest BCUT2D eigenvalue weighted by Crippen LogP contribution is -2.30. The Kier molecular flexibility index (Phi) is 5.28. The number of carbonyl (C=O) groups excluding carboxylic acids is 1. The van der Waals surface area contributed by atoms with Gasteiger partial charge in [0.05, 0.1) is 6.20 Å². The molecule has 1 N–H and O–H groups in total. The quantitative estimate of drug-likeness (QED) is 0.842. The maximum atomic E-state index is 11.5. The summed E-state index contributed by atoms with van der Waals surface area (Å²) in [5, 5.41) is 2.73. The molecular formula is C19H22N4O2. The number of rotatable bonds is 5. The molecule has 1 aliphatic heterocycles. The molecule has 1 amide bonds. The first kappa shape index (κ1) is 17.0. The second kappa shape index (κ2) is 7.79. The number of anilines is 2. The van der Waals surface area contributed by atoms with Gasteiger partial charge in [0.2, 0.25) is 11.8 Å². The molecule has 1 aromatic carbocycles. The Bertz CT molecular complexity index is 770. The van der Waals surface area contributed by atoms with E-state index in [1.165, 1.54) is 12.5 Å². The Morgan fingerprint density at radius 3 is 2.88 bits per heavy atom. The third-order valence-electron chi connectivity index (χ3n) is 4.05. The lowest BCUT2D eigenvalue weighted by molar-refractivity contribution is -0.111. The molecule has 1 aliphatic rings. The number of amides is 1. The number of nitrogens with one attached hydrogen (secondary N) is 1. The lowest BCUT2D eigenvalue weighted by Gasteiger charge is -2.29. The second-order valence-corrected chi connectivity index (χ2v) is 5.98. The van der Waals surface area contributed by atoms with E-state index >= 15 is 0 Å². The number of nitrogens with zero attached hydrogens (tertiary/aromatic N) is 3. The topological polar surface area (TPSA) is 67.3 Å². The number of hydrogen-bond donors (Lipinski definition) is 1. The van der Waals surface area contributed by atoms with Gasteiger partial charge in [-0.15, -0.1) is 0 Å². The van der Waals surface area contributed by atoms with Crippen LogP contribution in [0.4, 0.5) is 11.4 Å². The van der Waals surface area contributed by atoms with Crippen LogP contribution in [0, 0.1) is 6.92 Å². The first-order valence-electron chi connectivity index (χ1n) is 8.45. The van der Waals surface area contributed by atoms with Crippen LogP contribution < -0.4 is 15.0 Å². The molecule has 0 atom stereocenters. The summed E-state index contributed by atoms with van der Waals surface area (Å²) in [5.41, 5.74) is 1.55. The van der Waals surface area contributed by atoms with Crippen LogP contribution >= 0.6 is 0 Å². The Morgan fingerprint density at radius 1 is 1.32 bits per heavy atom. The number of ether oxygens (including phenoxy) is 1. The minimum Gasteiger partial charge on any atom is -0.437 e. The van der Waals surface area contributed by atoms with E-state index < -0.39 is 0 Å². The number of aromatic nitrogens is 2. The summed E-state index contributed by atoms with van der Waals surface area (Å²) in [6, 6.07) is 7.22. The Morgan fingerprint density at radius 2 is 2.12 bits per heavy atom. The van der Waals surface area contributed by atoms with Crippen molar-refractivity contribution in [2.75, 3.05) is 23.3 Å². The summed E-state index contributed by atoms with van der Waals surface area (Å²) in [6.07, 6.45) is 6.64. The van der Waals surface area contributed by atoms with Gasteiger partial charge in [-0.2, -0.15) is 4.98 Å². The van der Waals surface area contributed by atoms with Gasteiger partial charge in [-0.25, -0.2) is 4.98 Å². The molecule has 0 saturated carbocycles. The highest BCUT2D eigenvalue weighted by molar-refractivity contribution is 5.98. The summed E-state index contributed by atoms with van der Waals surface area (Å²) >= 11 is 0. The summed E-state index contributed by atoms with van der Waals surface area (Å²) in [5.74, 6) is 1.55. The molecule has 0 aliphatic carbocycles. The van der Waals surface area contributed by atoms with E-state index in [1.807, 2.05) is 25.3 Å². The zero-order valence-electron chi connectivity index (χ0n) is 14.4. The Hall–Kier alpha value is -2.89. The van der Waals surface area contributed by atoms with Crippen LogP contribution in [-0.2, 0) is 4.79 Å². The molecule has 25 heavy (non-hydrogen) atoms. The molecule has 6 nitrogen and oxygen atoms in total. The van der Waals surface area contributed by atoms with Crippen molar-refractivity contribution < 1.29 is 9.53 Å². The normalized spacial score (nSPS) is 14.0. The van der Waals surface area contributed by atoms with Crippen LogP contribution in [0.25, 0.3) is 0 Å². The van der Waals surface area contributed by atoms with Crippen molar-refractivity contribution in [2.24, 2.45) is 0 Å². The van der Waals surface area contributed by atoms with Crippen LogP contribution in [0.1, 0.15) is 25.1 Å². The summed E-state index contributed by atoms with van der Waals surface area (Å²) in [7, 11) is 0. The molecule has 3 rings (SSSR count). The fourth-order valence-corrected chi connectivity index (χ4v) is 2.81. The standard InChI is InChI=1S/C19H22N4O2/c1-3-18(24)22-15-8-7-9-16(12-15)25-19-17(13-20-14(2)21-19)23-10-5-4-6-11-23/h3,7-9,12-13H,1,4-6,10-11H2,2H3,(H,22,24). The minimum absolute atomic E-state index is 0.260. The number of hydrogen-bond acceptors (Lipinski definition) is 5. The molecule has 0 bridgehead atoms. The molecule has 1 fully saturated rings. The molecule has 2 heterocycles. The van der Waals surface area contributed by atoms with Crippen LogP contribution in [0.15, 0.2) is 43.1 Å². The SMILES string of the molecule is C=CC(=O)Nc1cccc(Oc2nc(C)ncc2N2CCCCC2)c1. The molecule has 1 aromatic heterocycles. The Balaban J connectivity index is 1.84. The van der Waals surface area contributed by atoms with Gasteiger partial charge in [-0.05, 0) is 44.4 Å². The van der Waals surface area contributed by atoms with Crippen molar-refractivity contribution in [3.8, 4) is 11.6 Å². The maximum absolute atomic E-state index is 11.5. The number of piperidine rings is 1. The third kappa shape index (κ3) is 4.35. The average molecular weight is 338 g/mol. The molecule has 0 unspecified atom stereocenters. The Labute approximate surface area is 147 Å². The van der Waals surface area contributed by atoms with Crippen molar-refractivity contribution in [2.45, 2.75) is 26.2 Å². The smallest absolute Gasteiger partial charge is 0.247 e. The van der Waals surface area contributed by atoms with E-state index in [9.17, 15) is 4.79 Å². The van der Waals surface area contributed by atoms with Crippen molar-refractivity contribution in [3.63, 3.8) is 0 Å². The molecule has 0 spiro atoms. The van der Waals surface area contributed by atoms with Crippen LogP contribution in [-0.4, -0.2) is 29.0 Å². The first-order chi connectivity index (χ1) is 12.2. The highest BCUT2D eigenvalue weighted by atomic mass is 16.5. The molecule has 130 valence electrons. The number of carbonyl (C=O) groups is 1. The minimum atomic E-state index is -0.260. The zero-order chi connectivity index (χ0) is 17.6. The van der Waals surface area contributed by atoms with Gasteiger partial charge < -0.3 is 15.0 Å². The van der Waals surface area contributed by atoms with Crippen molar-refractivity contribution >= 4 is 17.3 Å². The van der Waals surface area contributed by atoms with E-state index in [-0.39, 0.29) is 5.91 Å². The van der Waals surface area contributed by atoms with Gasteiger partial charge >= 0.3 is 0 Å². The second-order valence-electron chi connectivity index (χ2n) is 5.98. The highest BCUT2D eigenvalue weighted by Gasteiger charge is 2.18. The van der Waals surface area contributed by atoms with Crippen molar-refractivity contribution in [3.05, 3.63) is 48.9 Å². The highest BCUT2D eigenvalue weighted by Crippen LogP contribution is 2.32. The van der Waals surface area contributed by atoms with Crippen molar-refractivity contribution in [1.29, 1.82) is 0 Å². The molecular weight excluding hydrogens is 316 g/mol. The molecule has 1 saturated heterocycles. The van der Waals surface area contributed by atoms with Gasteiger partial charge in [-0.3, -0.25) is 4.79 Å². The number of benzene rings is 1. The fraction of sp³-hybridized carbons (Fsp3) is 0.316. The van der Waals surface area contributed by atoms with Crippen LogP contribution in [0.5, 0.6) is 11.6 Å². The first-order valence-corrected chi connectivity index (χ1v) is 8.45. The third-order valence-corrected chi connectivity index (χ3v) is 4.05. The fourth-order valence-electron chi connectivity index (χ4n) is 2.81. The van der Waals surface area contributed by atoms with Crippen LogP contribution in [0.2, 0.25) is 0 Å². The zero-order valence-corrected chi connectivity index (χ0v) is 14.4. The average Bonchev–Trinajstić information content (AvgIpc) is 2.63. The largest absolute Gasteiger partial charge is 0.437 e. The molecule has 2 aromatic rings. The van der Waals surface area contributed by atoms with Gasteiger partial charge in [0.1, 0.15) is 17.3 Å². The lowest BCUT2D eigenvalue weighted by atomic mass is 10.1. The van der Waals surface area contributed by atoms with Crippen LogP contribution in [0.3, 0.4) is 0 Å². The summed E-state index contributed by atoms with van der Waals surface area (Å²) in [6.45, 7) is 7.26. The van der Waals surface area contributed by atoms with Gasteiger partial charge in [0.25, 0.3) is 0 Å². The predicted molar refractivity (Wildman–Crippen MR) is 98.2 cm³/mol. The van der Waals surface area contributed by atoms with E-state index in [1.54, 1.807) is 12.1 Å². The maximum Gasteiger partial charge on any atom is 0.247 e. The monoisotopic (exact) mass is 338 g/mol. The van der Waals surface area contributed by atoms with Gasteiger partial charge in [0.15, 0.2) is 0 Å². The van der Waals surface area contributed by atoms with Crippen molar-refractivity contribution in [1.82, 2.24) is 9.97 Å². The number of aryl methyl sites for hydroxylation is 1. The molecule has 6 heteroatoms. The van der Waals surface area contributed by atoms with E-state index in [0.717, 1.165) is 31.6 Å². The van der Waals surface area contributed by atoms with E-state index in [2.05, 4.69) is 26.8 Å².